The lowest BCUT2D eigenvalue weighted by Gasteiger charge is -2.10. The molecule has 0 amide bonds. The van der Waals surface area contributed by atoms with Crippen LogP contribution in [0.3, 0.4) is 0 Å². The zero-order valence-electron chi connectivity index (χ0n) is 10.4. The number of nitrogens with zero attached hydrogens (tertiary/aromatic N) is 1. The molecule has 0 aliphatic heterocycles. The van der Waals surface area contributed by atoms with Gasteiger partial charge in [0.2, 0.25) is 0 Å². The second kappa shape index (κ2) is 5.19. The molecular formula is C14H9BrCl2N2S. The highest BCUT2D eigenvalue weighted by Gasteiger charge is 2.13. The number of imidazole rings is 1. The molecule has 1 heterocycles. The molecule has 0 saturated carbocycles. The number of halogens is 3. The summed E-state index contributed by atoms with van der Waals surface area (Å²) in [6, 6.07) is 9.52. The van der Waals surface area contributed by atoms with E-state index in [1.54, 1.807) is 0 Å². The molecule has 3 rings (SSSR count). The normalized spacial score (nSPS) is 11.2. The Kier molecular flexibility index (Phi) is 3.67. The van der Waals surface area contributed by atoms with Gasteiger partial charge in [0.25, 0.3) is 0 Å². The van der Waals surface area contributed by atoms with Crippen LogP contribution in [0, 0.1) is 11.7 Å². The van der Waals surface area contributed by atoms with Gasteiger partial charge in [-0.2, -0.15) is 0 Å². The third kappa shape index (κ3) is 2.21. The molecule has 6 heteroatoms. The minimum atomic E-state index is 0.578. The number of hydrogen-bond acceptors (Lipinski definition) is 1. The maximum Gasteiger partial charge on any atom is 0.182 e. The molecule has 2 aromatic carbocycles. The van der Waals surface area contributed by atoms with E-state index in [2.05, 4.69) is 20.9 Å². The number of para-hydroxylation sites is 1. The van der Waals surface area contributed by atoms with Crippen LogP contribution in [0.4, 0.5) is 0 Å². The van der Waals surface area contributed by atoms with E-state index in [-0.39, 0.29) is 0 Å². The van der Waals surface area contributed by atoms with E-state index in [0.717, 1.165) is 26.8 Å². The Balaban J connectivity index is 2.44. The van der Waals surface area contributed by atoms with Crippen molar-refractivity contribution >= 4 is 62.4 Å². The van der Waals surface area contributed by atoms with E-state index in [0.29, 0.717) is 14.8 Å². The quantitative estimate of drug-likeness (QED) is 0.502. The number of aryl methyl sites for hydroxylation is 1. The topological polar surface area (TPSA) is 20.7 Å². The first-order chi connectivity index (χ1) is 9.49. The van der Waals surface area contributed by atoms with Crippen molar-refractivity contribution in [2.75, 3.05) is 0 Å². The molecule has 0 aliphatic rings. The summed E-state index contributed by atoms with van der Waals surface area (Å²) in [5.74, 6) is 0. The molecule has 1 aromatic heterocycles. The van der Waals surface area contributed by atoms with Gasteiger partial charge in [-0.15, -0.1) is 0 Å². The molecule has 102 valence electrons. The lowest BCUT2D eigenvalue weighted by molar-refractivity contribution is 1.05. The van der Waals surface area contributed by atoms with Crippen LogP contribution in [0.5, 0.6) is 0 Å². The first kappa shape index (κ1) is 14.1. The SMILES string of the molecule is Cc1cc(Br)c(-n2c(=S)[nH]c3cccc(Cl)c32)cc1Cl. The summed E-state index contributed by atoms with van der Waals surface area (Å²) in [6.07, 6.45) is 0. The monoisotopic (exact) mass is 386 g/mol. The lowest BCUT2D eigenvalue weighted by atomic mass is 10.2. The fraction of sp³-hybridized carbons (Fsp3) is 0.0714. The van der Waals surface area contributed by atoms with Crippen molar-refractivity contribution < 1.29 is 0 Å². The molecular weight excluding hydrogens is 379 g/mol. The molecule has 20 heavy (non-hydrogen) atoms. The Morgan fingerprint density at radius 1 is 1.20 bits per heavy atom. The number of rotatable bonds is 1. The summed E-state index contributed by atoms with van der Waals surface area (Å²) in [5.41, 5.74) is 3.61. The fourth-order valence-electron chi connectivity index (χ4n) is 2.15. The van der Waals surface area contributed by atoms with Gasteiger partial charge in [-0.1, -0.05) is 29.3 Å². The van der Waals surface area contributed by atoms with Gasteiger partial charge in [-0.05, 0) is 64.9 Å². The zero-order chi connectivity index (χ0) is 14.4. The predicted molar refractivity (Wildman–Crippen MR) is 90.9 cm³/mol. The van der Waals surface area contributed by atoms with Crippen molar-refractivity contribution in [2.45, 2.75) is 6.92 Å². The highest BCUT2D eigenvalue weighted by atomic mass is 79.9. The first-order valence-electron chi connectivity index (χ1n) is 5.84. The largest absolute Gasteiger partial charge is 0.330 e. The molecule has 0 unspecified atom stereocenters. The molecule has 0 fully saturated rings. The maximum absolute atomic E-state index is 6.31. The molecule has 3 aromatic rings. The minimum Gasteiger partial charge on any atom is -0.330 e. The van der Waals surface area contributed by atoms with Crippen molar-refractivity contribution in [1.29, 1.82) is 0 Å². The number of aromatic nitrogens is 2. The summed E-state index contributed by atoms with van der Waals surface area (Å²) < 4.78 is 3.38. The second-order valence-electron chi connectivity index (χ2n) is 4.45. The van der Waals surface area contributed by atoms with E-state index < -0.39 is 0 Å². The van der Waals surface area contributed by atoms with Gasteiger partial charge in [0, 0.05) is 9.50 Å². The minimum absolute atomic E-state index is 0.578. The molecule has 2 nitrogen and oxygen atoms in total. The van der Waals surface area contributed by atoms with Crippen LogP contribution < -0.4 is 0 Å². The molecule has 0 saturated heterocycles. The van der Waals surface area contributed by atoms with Crippen molar-refractivity contribution in [1.82, 2.24) is 9.55 Å². The highest BCUT2D eigenvalue weighted by Crippen LogP contribution is 2.33. The summed E-state index contributed by atoms with van der Waals surface area (Å²) in [4.78, 5) is 3.16. The van der Waals surface area contributed by atoms with Crippen LogP contribution >= 0.6 is 51.3 Å². The standard InChI is InChI=1S/C14H9BrCl2N2S/c1-7-5-8(15)12(6-10(7)17)19-13-9(16)3-2-4-11(13)18-14(19)20/h2-6H,1H3,(H,18,20). The number of nitrogens with one attached hydrogen (secondary N) is 1. The van der Waals surface area contributed by atoms with Gasteiger partial charge in [0.15, 0.2) is 4.77 Å². The lowest BCUT2D eigenvalue weighted by Crippen LogP contribution is -1.97. The van der Waals surface area contributed by atoms with Crippen LogP contribution in [0.25, 0.3) is 16.7 Å². The Hall–Kier alpha value is -0.810. The van der Waals surface area contributed by atoms with Crippen LogP contribution in [0.2, 0.25) is 10.0 Å². The average Bonchev–Trinajstić information content (AvgIpc) is 2.71. The Bertz CT molecular complexity index is 883. The number of aromatic amines is 1. The van der Waals surface area contributed by atoms with Crippen LogP contribution in [-0.4, -0.2) is 9.55 Å². The predicted octanol–water partition coefficient (Wildman–Crippen LogP) is 6.07. The van der Waals surface area contributed by atoms with Crippen molar-refractivity contribution in [3.8, 4) is 5.69 Å². The van der Waals surface area contributed by atoms with E-state index >= 15 is 0 Å². The number of hydrogen-bond donors (Lipinski definition) is 1. The smallest absolute Gasteiger partial charge is 0.182 e. The third-order valence-corrected chi connectivity index (χ3v) is 4.76. The molecule has 1 N–H and O–H groups in total. The number of benzene rings is 2. The third-order valence-electron chi connectivity index (χ3n) is 3.12. The maximum atomic E-state index is 6.31. The molecule has 0 bridgehead atoms. The molecule has 0 aliphatic carbocycles. The number of fused-ring (bicyclic) bond motifs is 1. The molecule has 0 spiro atoms. The summed E-state index contributed by atoms with van der Waals surface area (Å²) in [5, 5.41) is 1.32. The zero-order valence-corrected chi connectivity index (χ0v) is 14.3. The fourth-order valence-corrected chi connectivity index (χ4v) is 3.50. The summed E-state index contributed by atoms with van der Waals surface area (Å²) in [7, 11) is 0. The second-order valence-corrected chi connectivity index (χ2v) is 6.51. The molecule has 0 atom stereocenters. The number of H-pyrrole nitrogens is 1. The van der Waals surface area contributed by atoms with Crippen LogP contribution in [0.1, 0.15) is 5.56 Å². The first-order valence-corrected chi connectivity index (χ1v) is 7.80. The molecule has 0 radical (unpaired) electrons. The summed E-state index contributed by atoms with van der Waals surface area (Å²) >= 11 is 21.5. The van der Waals surface area contributed by atoms with E-state index in [1.165, 1.54) is 0 Å². The van der Waals surface area contributed by atoms with Gasteiger partial charge in [-0.3, -0.25) is 4.57 Å². The van der Waals surface area contributed by atoms with Crippen molar-refractivity contribution in [2.24, 2.45) is 0 Å². The Morgan fingerprint density at radius 2 is 1.95 bits per heavy atom. The Labute approximate surface area is 139 Å². The average molecular weight is 388 g/mol. The van der Waals surface area contributed by atoms with Crippen molar-refractivity contribution in [3.05, 3.63) is 55.2 Å². The van der Waals surface area contributed by atoms with Crippen LogP contribution in [-0.2, 0) is 0 Å². The van der Waals surface area contributed by atoms with Gasteiger partial charge in [0.1, 0.15) is 0 Å². The van der Waals surface area contributed by atoms with Crippen LogP contribution in [0.15, 0.2) is 34.8 Å². The van der Waals surface area contributed by atoms with E-state index in [9.17, 15) is 0 Å². The Morgan fingerprint density at radius 3 is 2.70 bits per heavy atom. The van der Waals surface area contributed by atoms with E-state index in [1.807, 2.05) is 41.8 Å². The highest BCUT2D eigenvalue weighted by molar-refractivity contribution is 9.10. The van der Waals surface area contributed by atoms with E-state index in [4.69, 9.17) is 35.4 Å². The van der Waals surface area contributed by atoms with Gasteiger partial charge in [0.05, 0.1) is 21.7 Å². The van der Waals surface area contributed by atoms with Gasteiger partial charge in [-0.25, -0.2) is 0 Å². The van der Waals surface area contributed by atoms with Gasteiger partial charge >= 0.3 is 0 Å². The van der Waals surface area contributed by atoms with Crippen molar-refractivity contribution in [3.63, 3.8) is 0 Å². The summed E-state index contributed by atoms with van der Waals surface area (Å²) in [6.45, 7) is 1.96. The van der Waals surface area contributed by atoms with Gasteiger partial charge < -0.3 is 4.98 Å².